The Hall–Kier alpha value is -3.26. The maximum atomic E-state index is 13.0. The molecule has 0 fully saturated rings. The van der Waals surface area contributed by atoms with E-state index in [0.717, 1.165) is 23.3 Å². The normalized spacial score (nSPS) is 12.2. The molecule has 2 N–H and O–H groups in total. The average Bonchev–Trinajstić information content (AvgIpc) is 2.70. The molecule has 1 atom stereocenters. The van der Waals surface area contributed by atoms with Gasteiger partial charge >= 0.3 is 0 Å². The smallest absolute Gasteiger partial charge is 0.261 e. The van der Waals surface area contributed by atoms with Crippen LogP contribution in [0.3, 0.4) is 0 Å². The predicted octanol–water partition coefficient (Wildman–Crippen LogP) is 3.44. The summed E-state index contributed by atoms with van der Waals surface area (Å²) in [5.74, 6) is -0.662. The highest BCUT2D eigenvalue weighted by molar-refractivity contribution is 7.92. The van der Waals surface area contributed by atoms with Crippen molar-refractivity contribution < 1.29 is 17.6 Å². The van der Waals surface area contributed by atoms with Crippen LogP contribution in [0.4, 0.5) is 10.1 Å². The first-order chi connectivity index (χ1) is 13.8. The van der Waals surface area contributed by atoms with Crippen molar-refractivity contribution in [1.82, 2.24) is 10.3 Å². The van der Waals surface area contributed by atoms with Crippen LogP contribution >= 0.6 is 0 Å². The van der Waals surface area contributed by atoms with Crippen molar-refractivity contribution in [1.29, 1.82) is 0 Å². The molecular weight excluding hydrogens is 393 g/mol. The van der Waals surface area contributed by atoms with E-state index in [1.165, 1.54) is 12.1 Å². The number of halogens is 1. The highest BCUT2D eigenvalue weighted by Crippen LogP contribution is 2.17. The Morgan fingerprint density at radius 2 is 1.76 bits per heavy atom. The third-order valence-corrected chi connectivity index (χ3v) is 5.65. The Bertz CT molecular complexity index is 1070. The number of anilines is 1. The molecule has 2 aromatic carbocycles. The number of sulfonamides is 1. The van der Waals surface area contributed by atoms with Crippen LogP contribution in [0, 0.1) is 5.82 Å². The molecule has 0 bridgehead atoms. The van der Waals surface area contributed by atoms with Crippen LogP contribution in [0.5, 0.6) is 0 Å². The standard InChI is InChI=1S/C21H20FN3O3S/c1-15(17-3-2-12-23-14-17)24-21(26)13-16-4-8-19(9-5-16)25-29(27,28)20-10-6-18(22)7-11-20/h2-12,14-15,25H,13H2,1H3,(H,24,26)/t15-/m1/s1. The molecule has 0 spiro atoms. The van der Waals surface area contributed by atoms with Gasteiger partial charge in [0.25, 0.3) is 10.0 Å². The van der Waals surface area contributed by atoms with Gasteiger partial charge in [0.1, 0.15) is 5.82 Å². The van der Waals surface area contributed by atoms with Crippen LogP contribution < -0.4 is 10.0 Å². The molecule has 0 saturated carbocycles. The summed E-state index contributed by atoms with van der Waals surface area (Å²) in [5.41, 5.74) is 2.00. The lowest BCUT2D eigenvalue weighted by atomic mass is 10.1. The van der Waals surface area contributed by atoms with Crippen molar-refractivity contribution in [3.05, 3.63) is 90.0 Å². The molecule has 6 nitrogen and oxygen atoms in total. The van der Waals surface area contributed by atoms with Gasteiger partial charge in [-0.3, -0.25) is 14.5 Å². The van der Waals surface area contributed by atoms with E-state index in [0.29, 0.717) is 5.69 Å². The number of amides is 1. The fourth-order valence-electron chi connectivity index (χ4n) is 2.71. The van der Waals surface area contributed by atoms with E-state index in [2.05, 4.69) is 15.0 Å². The topological polar surface area (TPSA) is 88.2 Å². The summed E-state index contributed by atoms with van der Waals surface area (Å²) < 4.78 is 40.1. The number of carbonyl (C=O) groups excluding carboxylic acids is 1. The third kappa shape index (κ3) is 5.61. The molecular formula is C21H20FN3O3S. The molecule has 0 unspecified atom stereocenters. The molecule has 150 valence electrons. The van der Waals surface area contributed by atoms with Crippen LogP contribution in [-0.4, -0.2) is 19.3 Å². The van der Waals surface area contributed by atoms with Gasteiger partial charge < -0.3 is 5.32 Å². The number of aromatic nitrogens is 1. The summed E-state index contributed by atoms with van der Waals surface area (Å²) in [6.45, 7) is 1.88. The first-order valence-corrected chi connectivity index (χ1v) is 10.4. The predicted molar refractivity (Wildman–Crippen MR) is 108 cm³/mol. The second-order valence-corrected chi connectivity index (χ2v) is 8.19. The largest absolute Gasteiger partial charge is 0.349 e. The van der Waals surface area contributed by atoms with Crippen LogP contribution in [0.2, 0.25) is 0 Å². The van der Waals surface area contributed by atoms with E-state index < -0.39 is 15.8 Å². The fraction of sp³-hybridized carbons (Fsp3) is 0.143. The molecule has 1 heterocycles. The zero-order valence-corrected chi connectivity index (χ0v) is 16.5. The SMILES string of the molecule is C[C@@H](NC(=O)Cc1ccc(NS(=O)(=O)c2ccc(F)cc2)cc1)c1cccnc1. The quantitative estimate of drug-likeness (QED) is 0.621. The van der Waals surface area contributed by atoms with Crippen LogP contribution in [-0.2, 0) is 21.2 Å². The lowest BCUT2D eigenvalue weighted by molar-refractivity contribution is -0.121. The van der Waals surface area contributed by atoms with E-state index in [1.54, 1.807) is 36.7 Å². The highest BCUT2D eigenvalue weighted by Gasteiger charge is 2.15. The van der Waals surface area contributed by atoms with Gasteiger partial charge in [0.15, 0.2) is 0 Å². The highest BCUT2D eigenvalue weighted by atomic mass is 32.2. The van der Waals surface area contributed by atoms with Gasteiger partial charge in [-0.25, -0.2) is 12.8 Å². The molecule has 0 radical (unpaired) electrons. The Kier molecular flexibility index (Phi) is 6.23. The van der Waals surface area contributed by atoms with Gasteiger partial charge in [-0.05, 0) is 60.5 Å². The van der Waals surface area contributed by atoms with Crippen molar-refractivity contribution in [3.63, 3.8) is 0 Å². The minimum absolute atomic E-state index is 0.0354. The Labute approximate surface area is 168 Å². The van der Waals surface area contributed by atoms with Crippen molar-refractivity contribution in [2.45, 2.75) is 24.3 Å². The Morgan fingerprint density at radius 3 is 2.38 bits per heavy atom. The molecule has 0 saturated heterocycles. The summed E-state index contributed by atoms with van der Waals surface area (Å²) in [5, 5.41) is 2.90. The average molecular weight is 413 g/mol. The number of hydrogen-bond acceptors (Lipinski definition) is 4. The number of nitrogens with zero attached hydrogens (tertiary/aromatic N) is 1. The van der Waals surface area contributed by atoms with Gasteiger partial charge in [-0.1, -0.05) is 18.2 Å². The summed E-state index contributed by atoms with van der Waals surface area (Å²) in [4.78, 5) is 16.2. The lowest BCUT2D eigenvalue weighted by Gasteiger charge is -2.14. The number of rotatable bonds is 7. The lowest BCUT2D eigenvalue weighted by Crippen LogP contribution is -2.28. The number of nitrogens with one attached hydrogen (secondary N) is 2. The van der Waals surface area contributed by atoms with Gasteiger partial charge in [0.2, 0.25) is 5.91 Å². The number of hydrogen-bond donors (Lipinski definition) is 2. The van der Waals surface area contributed by atoms with E-state index in [1.807, 2.05) is 19.1 Å². The first kappa shape index (κ1) is 20.5. The fourth-order valence-corrected chi connectivity index (χ4v) is 3.77. The molecule has 3 rings (SSSR count). The van der Waals surface area contributed by atoms with Crippen LogP contribution in [0.25, 0.3) is 0 Å². The third-order valence-electron chi connectivity index (χ3n) is 4.26. The summed E-state index contributed by atoms with van der Waals surface area (Å²) in [6, 6.07) is 14.6. The summed E-state index contributed by atoms with van der Waals surface area (Å²) >= 11 is 0. The minimum Gasteiger partial charge on any atom is -0.349 e. The van der Waals surface area contributed by atoms with Gasteiger partial charge in [-0.2, -0.15) is 0 Å². The molecule has 1 aromatic heterocycles. The second kappa shape index (κ2) is 8.83. The van der Waals surface area contributed by atoms with Crippen molar-refractivity contribution >= 4 is 21.6 Å². The Morgan fingerprint density at radius 1 is 1.07 bits per heavy atom. The number of pyridine rings is 1. The molecule has 0 aliphatic carbocycles. The van der Waals surface area contributed by atoms with E-state index in [4.69, 9.17) is 0 Å². The van der Waals surface area contributed by atoms with Crippen molar-refractivity contribution in [3.8, 4) is 0 Å². The molecule has 1 amide bonds. The van der Waals surface area contributed by atoms with E-state index in [-0.39, 0.29) is 23.3 Å². The first-order valence-electron chi connectivity index (χ1n) is 8.90. The zero-order chi connectivity index (χ0) is 20.9. The molecule has 8 heteroatoms. The summed E-state index contributed by atoms with van der Waals surface area (Å²) in [6.07, 6.45) is 3.53. The minimum atomic E-state index is -3.81. The molecule has 29 heavy (non-hydrogen) atoms. The van der Waals surface area contributed by atoms with Gasteiger partial charge in [-0.15, -0.1) is 0 Å². The maximum absolute atomic E-state index is 13.0. The van der Waals surface area contributed by atoms with Crippen molar-refractivity contribution in [2.24, 2.45) is 0 Å². The summed E-state index contributed by atoms with van der Waals surface area (Å²) in [7, 11) is -3.81. The van der Waals surface area contributed by atoms with E-state index in [9.17, 15) is 17.6 Å². The van der Waals surface area contributed by atoms with Crippen molar-refractivity contribution in [2.75, 3.05) is 4.72 Å². The second-order valence-electron chi connectivity index (χ2n) is 6.51. The van der Waals surface area contributed by atoms with Crippen LogP contribution in [0.15, 0.2) is 78.0 Å². The van der Waals surface area contributed by atoms with Gasteiger partial charge in [0, 0.05) is 18.1 Å². The Balaban J connectivity index is 1.60. The van der Waals surface area contributed by atoms with Crippen LogP contribution in [0.1, 0.15) is 24.1 Å². The molecule has 0 aliphatic rings. The van der Waals surface area contributed by atoms with E-state index >= 15 is 0 Å². The van der Waals surface area contributed by atoms with Gasteiger partial charge in [0.05, 0.1) is 17.4 Å². The molecule has 0 aliphatic heterocycles. The number of carbonyl (C=O) groups is 1. The monoisotopic (exact) mass is 413 g/mol. The zero-order valence-electron chi connectivity index (χ0n) is 15.7. The number of benzene rings is 2. The maximum Gasteiger partial charge on any atom is 0.261 e. The molecule has 3 aromatic rings.